The molecule has 2 aromatic rings. The van der Waals surface area contributed by atoms with Gasteiger partial charge < -0.3 is 5.11 Å². The summed E-state index contributed by atoms with van der Waals surface area (Å²) in [6.07, 6.45) is 1.28. The summed E-state index contributed by atoms with van der Waals surface area (Å²) in [6.45, 7) is 1.95. The Morgan fingerprint density at radius 2 is 2.32 bits per heavy atom. The number of aliphatic carboxylic acids is 1. The van der Waals surface area contributed by atoms with Crippen LogP contribution in [0, 0.1) is 6.92 Å². The summed E-state index contributed by atoms with van der Waals surface area (Å²) in [5.41, 5.74) is 3.53. The number of halogens is 1. The molecule has 0 amide bonds. The maximum absolute atomic E-state index is 11.4. The van der Waals surface area contributed by atoms with Crippen molar-refractivity contribution < 1.29 is 9.90 Å². The molecule has 2 rings (SSSR count). The van der Waals surface area contributed by atoms with E-state index in [9.17, 15) is 9.90 Å². The molecule has 1 heterocycles. The van der Waals surface area contributed by atoms with Gasteiger partial charge in [-0.1, -0.05) is 23.7 Å². The summed E-state index contributed by atoms with van der Waals surface area (Å²) in [5, 5.41) is 9.93. The highest BCUT2D eigenvalue weighted by molar-refractivity contribution is 7.09. The highest BCUT2D eigenvalue weighted by Crippen LogP contribution is 2.26. The number of benzene rings is 1. The van der Waals surface area contributed by atoms with Gasteiger partial charge in [-0.3, -0.25) is 4.79 Å². The zero-order valence-corrected chi connectivity index (χ0v) is 12.0. The van der Waals surface area contributed by atoms with Gasteiger partial charge in [-0.05, 0) is 37.5 Å². The molecule has 100 valence electrons. The quantitative estimate of drug-likeness (QED) is 0.910. The SMILES string of the molecule is Cc1ncsc1CCC(C(=O)O)c1cccc(Cl)c1. The minimum Gasteiger partial charge on any atom is -0.481 e. The van der Waals surface area contributed by atoms with Gasteiger partial charge in [-0.25, -0.2) is 4.98 Å². The van der Waals surface area contributed by atoms with Crippen LogP contribution in [0.5, 0.6) is 0 Å². The monoisotopic (exact) mass is 295 g/mol. The van der Waals surface area contributed by atoms with E-state index in [-0.39, 0.29) is 0 Å². The third kappa shape index (κ3) is 3.55. The second-order valence-corrected chi connectivity index (χ2v) is 5.72. The molecule has 0 saturated heterocycles. The van der Waals surface area contributed by atoms with E-state index >= 15 is 0 Å². The van der Waals surface area contributed by atoms with Crippen LogP contribution in [-0.4, -0.2) is 16.1 Å². The van der Waals surface area contributed by atoms with Gasteiger partial charge in [-0.15, -0.1) is 11.3 Å². The van der Waals surface area contributed by atoms with Gasteiger partial charge in [0, 0.05) is 9.90 Å². The fourth-order valence-corrected chi connectivity index (χ4v) is 2.99. The van der Waals surface area contributed by atoms with Crippen LogP contribution in [0.1, 0.15) is 28.5 Å². The van der Waals surface area contributed by atoms with Crippen molar-refractivity contribution in [3.05, 3.63) is 50.9 Å². The first kappa shape index (κ1) is 14.0. The van der Waals surface area contributed by atoms with Crippen molar-refractivity contribution in [1.29, 1.82) is 0 Å². The number of aryl methyl sites for hydroxylation is 2. The lowest BCUT2D eigenvalue weighted by molar-refractivity contribution is -0.138. The maximum atomic E-state index is 11.4. The van der Waals surface area contributed by atoms with Crippen molar-refractivity contribution >= 4 is 28.9 Å². The predicted octanol–water partition coefficient (Wildman–Crippen LogP) is 3.91. The lowest BCUT2D eigenvalue weighted by atomic mass is 9.94. The van der Waals surface area contributed by atoms with Crippen LogP contribution in [0.3, 0.4) is 0 Å². The largest absolute Gasteiger partial charge is 0.481 e. The van der Waals surface area contributed by atoms with Gasteiger partial charge in [-0.2, -0.15) is 0 Å². The maximum Gasteiger partial charge on any atom is 0.310 e. The van der Waals surface area contributed by atoms with E-state index in [1.165, 1.54) is 0 Å². The van der Waals surface area contributed by atoms with Crippen LogP contribution in [0.2, 0.25) is 5.02 Å². The summed E-state index contributed by atoms with van der Waals surface area (Å²) in [5.74, 6) is -1.34. The lowest BCUT2D eigenvalue weighted by Crippen LogP contribution is -2.12. The molecule has 1 aromatic carbocycles. The van der Waals surface area contributed by atoms with Crippen LogP contribution < -0.4 is 0 Å². The number of hydrogen-bond donors (Lipinski definition) is 1. The van der Waals surface area contributed by atoms with E-state index in [0.29, 0.717) is 11.4 Å². The van der Waals surface area contributed by atoms with Crippen LogP contribution in [0.4, 0.5) is 0 Å². The molecule has 0 spiro atoms. The molecule has 1 atom stereocenters. The minimum absolute atomic E-state index is 0.528. The molecule has 0 aliphatic rings. The van der Waals surface area contributed by atoms with Crippen molar-refractivity contribution in [2.45, 2.75) is 25.7 Å². The number of carbonyl (C=O) groups is 1. The third-order valence-corrected chi connectivity index (χ3v) is 4.28. The van der Waals surface area contributed by atoms with E-state index in [0.717, 1.165) is 22.6 Å². The Balaban J connectivity index is 2.13. The van der Waals surface area contributed by atoms with Gasteiger partial charge in [0.1, 0.15) is 0 Å². The van der Waals surface area contributed by atoms with Gasteiger partial charge in [0.15, 0.2) is 0 Å². The number of hydrogen-bond acceptors (Lipinski definition) is 3. The summed E-state index contributed by atoms with van der Waals surface area (Å²) in [7, 11) is 0. The molecule has 1 aromatic heterocycles. The predicted molar refractivity (Wildman–Crippen MR) is 77.0 cm³/mol. The number of aromatic nitrogens is 1. The first-order valence-corrected chi connectivity index (χ1v) is 7.21. The second kappa shape index (κ2) is 6.17. The number of nitrogens with zero attached hydrogens (tertiary/aromatic N) is 1. The Hall–Kier alpha value is -1.39. The summed E-state index contributed by atoms with van der Waals surface area (Å²) in [4.78, 5) is 16.7. The molecule has 19 heavy (non-hydrogen) atoms. The molecule has 0 bridgehead atoms. The van der Waals surface area contributed by atoms with Gasteiger partial charge in [0.25, 0.3) is 0 Å². The fourth-order valence-electron chi connectivity index (χ4n) is 2.00. The topological polar surface area (TPSA) is 50.2 Å². The van der Waals surface area contributed by atoms with Crippen LogP contribution >= 0.6 is 22.9 Å². The van der Waals surface area contributed by atoms with Crippen LogP contribution in [0.15, 0.2) is 29.8 Å². The molecular weight excluding hydrogens is 282 g/mol. The number of rotatable bonds is 5. The molecule has 0 aliphatic heterocycles. The van der Waals surface area contributed by atoms with E-state index in [4.69, 9.17) is 11.6 Å². The number of carboxylic acids is 1. The van der Waals surface area contributed by atoms with Crippen molar-refractivity contribution in [2.24, 2.45) is 0 Å². The third-order valence-electron chi connectivity index (χ3n) is 3.05. The molecule has 0 radical (unpaired) electrons. The van der Waals surface area contributed by atoms with E-state index in [1.54, 1.807) is 35.0 Å². The smallest absolute Gasteiger partial charge is 0.310 e. The van der Waals surface area contributed by atoms with E-state index < -0.39 is 11.9 Å². The van der Waals surface area contributed by atoms with Crippen LogP contribution in [0.25, 0.3) is 0 Å². The van der Waals surface area contributed by atoms with Gasteiger partial charge in [0.05, 0.1) is 17.1 Å². The average Bonchev–Trinajstić information content (AvgIpc) is 2.75. The Kier molecular flexibility index (Phi) is 4.56. The molecule has 0 fully saturated rings. The minimum atomic E-state index is -0.815. The Morgan fingerprint density at radius 1 is 1.53 bits per heavy atom. The van der Waals surface area contributed by atoms with E-state index in [1.807, 2.05) is 13.0 Å². The second-order valence-electron chi connectivity index (χ2n) is 4.35. The molecule has 5 heteroatoms. The molecule has 3 nitrogen and oxygen atoms in total. The van der Waals surface area contributed by atoms with Crippen molar-refractivity contribution in [3.63, 3.8) is 0 Å². The first-order chi connectivity index (χ1) is 9.08. The highest BCUT2D eigenvalue weighted by atomic mass is 35.5. The molecule has 0 aliphatic carbocycles. The molecular formula is C14H14ClNO2S. The fraction of sp³-hybridized carbons (Fsp3) is 0.286. The summed E-state index contributed by atoms with van der Waals surface area (Å²) < 4.78 is 0. The van der Waals surface area contributed by atoms with Crippen molar-refractivity contribution in [3.8, 4) is 0 Å². The molecule has 1 N–H and O–H groups in total. The van der Waals surface area contributed by atoms with Crippen LogP contribution in [-0.2, 0) is 11.2 Å². The van der Waals surface area contributed by atoms with Gasteiger partial charge >= 0.3 is 5.97 Å². The Bertz CT molecular complexity index is 582. The first-order valence-electron chi connectivity index (χ1n) is 5.95. The normalized spacial score (nSPS) is 12.3. The Morgan fingerprint density at radius 3 is 2.89 bits per heavy atom. The Labute approximate surface area is 120 Å². The molecule has 0 saturated carbocycles. The lowest BCUT2D eigenvalue weighted by Gasteiger charge is -2.12. The average molecular weight is 296 g/mol. The van der Waals surface area contributed by atoms with Gasteiger partial charge in [0.2, 0.25) is 0 Å². The van der Waals surface area contributed by atoms with Crippen molar-refractivity contribution in [1.82, 2.24) is 4.98 Å². The standard InChI is InChI=1S/C14H14ClNO2S/c1-9-13(19-8-16-9)6-5-12(14(17)18)10-3-2-4-11(15)7-10/h2-4,7-8,12H,5-6H2,1H3,(H,17,18). The number of carboxylic acid groups (broad SMARTS) is 1. The zero-order chi connectivity index (χ0) is 13.8. The van der Waals surface area contributed by atoms with E-state index in [2.05, 4.69) is 4.98 Å². The zero-order valence-electron chi connectivity index (χ0n) is 10.5. The van der Waals surface area contributed by atoms with Crippen molar-refractivity contribution in [2.75, 3.05) is 0 Å². The summed E-state index contributed by atoms with van der Waals surface area (Å²) in [6, 6.07) is 7.06. The number of thiazole rings is 1. The molecule has 1 unspecified atom stereocenters. The summed E-state index contributed by atoms with van der Waals surface area (Å²) >= 11 is 7.49. The highest BCUT2D eigenvalue weighted by Gasteiger charge is 2.20.